The minimum Gasteiger partial charge on any atom is -1.00 e. The zero-order valence-corrected chi connectivity index (χ0v) is 8.88. The Labute approximate surface area is 86.0 Å². The van der Waals surface area contributed by atoms with Crippen LogP contribution >= 0.6 is 0 Å². The van der Waals surface area contributed by atoms with Crippen LogP contribution in [0.2, 0.25) is 0 Å². The molecule has 1 aliphatic rings. The standard InChI is InChI=1S/C4H10N2.3ClH.H3N.H2O/c1-2-6-4-3-5-1;;;;;/h5-6H,1-4H2;3*1H;1H3;1H2. The third-order valence-corrected chi connectivity index (χ3v) is 1.15. The summed E-state index contributed by atoms with van der Waals surface area (Å²) in [6.07, 6.45) is 0. The molecule has 1 aliphatic heterocycles. The topological polar surface area (TPSA) is 101 Å². The minimum absolute atomic E-state index is 0. The van der Waals surface area contributed by atoms with E-state index in [1.165, 1.54) is 26.2 Å². The van der Waals surface area contributed by atoms with E-state index in [2.05, 4.69) is 10.6 Å². The van der Waals surface area contributed by atoms with Crippen molar-refractivity contribution in [2.75, 3.05) is 26.2 Å². The van der Waals surface area contributed by atoms with Crippen molar-refractivity contribution in [2.45, 2.75) is 0 Å². The second-order valence-corrected chi connectivity index (χ2v) is 1.73. The summed E-state index contributed by atoms with van der Waals surface area (Å²) in [6.45, 7) is 5.28. The minimum atomic E-state index is 0. The average molecular weight is 231 g/mol. The fourth-order valence-corrected chi connectivity index (χ4v) is 0.760. The Morgan fingerprint density at radius 2 is 0.818 bits per heavy atom. The van der Waals surface area contributed by atoms with Gasteiger partial charge in [0.05, 0.1) is 0 Å². The molecule has 11 heavy (non-hydrogen) atoms. The van der Waals surface area contributed by atoms with Crippen molar-refractivity contribution in [1.29, 1.82) is 0 Å². The van der Waals surface area contributed by atoms with Crippen LogP contribution in [0.15, 0.2) is 0 Å². The summed E-state index contributed by atoms with van der Waals surface area (Å²) in [4.78, 5) is 0. The van der Waals surface area contributed by atoms with Crippen LogP contribution in [-0.2, 0) is 0 Å². The van der Waals surface area contributed by atoms with E-state index in [0.717, 1.165) is 0 Å². The van der Waals surface area contributed by atoms with E-state index in [4.69, 9.17) is 0 Å². The molecular weight excluding hydrogens is 212 g/mol. The molecule has 0 bridgehead atoms. The van der Waals surface area contributed by atoms with Crippen LogP contribution in [0.1, 0.15) is 0 Å². The molecule has 10 N–H and O–H groups in total. The molecule has 0 amide bonds. The van der Waals surface area contributed by atoms with Crippen molar-refractivity contribution in [2.24, 2.45) is 0 Å². The Hall–Kier alpha value is 0.710. The quantitative estimate of drug-likeness (QED) is 0.368. The predicted molar refractivity (Wildman–Crippen MR) is 32.9 cm³/mol. The number of quaternary nitrogens is 3. The molecule has 0 aromatic carbocycles. The molecule has 0 aromatic heterocycles. The molecule has 4 nitrogen and oxygen atoms in total. The molecule has 1 fully saturated rings. The summed E-state index contributed by atoms with van der Waals surface area (Å²) in [6, 6.07) is 0. The van der Waals surface area contributed by atoms with Gasteiger partial charge in [0, 0.05) is 0 Å². The smallest absolute Gasteiger partial charge is 0.125 e. The highest BCUT2D eigenvalue weighted by atomic mass is 35.5. The number of hydrogen-bond acceptors (Lipinski definition) is 0. The van der Waals surface area contributed by atoms with Gasteiger partial charge in [-0.1, -0.05) is 0 Å². The summed E-state index contributed by atoms with van der Waals surface area (Å²) >= 11 is 0. The SMILES string of the molecule is C1C[NH2+]CC[NH2+]1.O.[Cl-].[Cl-].[Cl-].[NH4+]. The fraction of sp³-hybridized carbons (Fsp3) is 1.00. The highest BCUT2D eigenvalue weighted by Crippen LogP contribution is 1.40. The molecule has 1 rings (SSSR count). The van der Waals surface area contributed by atoms with E-state index in [-0.39, 0.29) is 48.8 Å². The summed E-state index contributed by atoms with van der Waals surface area (Å²) < 4.78 is 0. The van der Waals surface area contributed by atoms with Gasteiger partial charge in [-0.2, -0.15) is 0 Å². The summed E-state index contributed by atoms with van der Waals surface area (Å²) in [5.74, 6) is 0. The van der Waals surface area contributed by atoms with Gasteiger partial charge in [0.1, 0.15) is 26.2 Å². The lowest BCUT2D eigenvalue weighted by Gasteiger charge is -2.04. The van der Waals surface area contributed by atoms with Gasteiger partial charge in [0.2, 0.25) is 0 Å². The van der Waals surface area contributed by atoms with E-state index in [9.17, 15) is 0 Å². The number of halogens is 3. The maximum atomic E-state index is 2.36. The van der Waals surface area contributed by atoms with Crippen molar-refractivity contribution < 1.29 is 53.3 Å². The van der Waals surface area contributed by atoms with Gasteiger partial charge in [-0.15, -0.1) is 0 Å². The number of piperazine rings is 1. The molecular formula is C4H18Cl3N3O. The first kappa shape index (κ1) is 29.8. The third kappa shape index (κ3) is 18.0. The van der Waals surface area contributed by atoms with Crippen molar-refractivity contribution in [1.82, 2.24) is 6.15 Å². The van der Waals surface area contributed by atoms with Crippen molar-refractivity contribution in [3.05, 3.63) is 0 Å². The predicted octanol–water partition coefficient (Wildman–Crippen LogP) is -12.3. The first-order chi connectivity index (χ1) is 3.00. The summed E-state index contributed by atoms with van der Waals surface area (Å²) in [5.41, 5.74) is 0. The van der Waals surface area contributed by atoms with Crippen LogP contribution in [0, 0.1) is 0 Å². The molecule has 0 atom stereocenters. The van der Waals surface area contributed by atoms with Crippen LogP contribution in [-0.4, -0.2) is 31.7 Å². The third-order valence-electron chi connectivity index (χ3n) is 1.15. The van der Waals surface area contributed by atoms with Crippen molar-refractivity contribution >= 4 is 0 Å². The van der Waals surface area contributed by atoms with E-state index in [1.54, 1.807) is 0 Å². The second-order valence-electron chi connectivity index (χ2n) is 1.73. The normalized spacial score (nSPS) is 13.1. The molecule has 0 radical (unpaired) electrons. The largest absolute Gasteiger partial charge is 1.00 e. The summed E-state index contributed by atoms with van der Waals surface area (Å²) in [5, 5.41) is 4.72. The van der Waals surface area contributed by atoms with Crippen molar-refractivity contribution in [3.8, 4) is 0 Å². The van der Waals surface area contributed by atoms with Gasteiger partial charge in [0.25, 0.3) is 0 Å². The zero-order chi connectivity index (χ0) is 4.24. The molecule has 1 saturated heterocycles. The lowest BCUT2D eigenvalue weighted by atomic mass is 10.4. The molecule has 0 saturated carbocycles. The molecule has 0 unspecified atom stereocenters. The number of rotatable bonds is 0. The Kier molecular flexibility index (Phi) is 60.8. The first-order valence-corrected chi connectivity index (χ1v) is 2.63. The van der Waals surface area contributed by atoms with Crippen molar-refractivity contribution in [3.63, 3.8) is 0 Å². The highest BCUT2D eigenvalue weighted by Gasteiger charge is 1.99. The van der Waals surface area contributed by atoms with E-state index < -0.39 is 0 Å². The van der Waals surface area contributed by atoms with Gasteiger partial charge in [0.15, 0.2) is 0 Å². The first-order valence-electron chi connectivity index (χ1n) is 2.63. The fourth-order valence-electron chi connectivity index (χ4n) is 0.760. The molecule has 7 heteroatoms. The van der Waals surface area contributed by atoms with Gasteiger partial charge in [-0.3, -0.25) is 0 Å². The van der Waals surface area contributed by atoms with Crippen LogP contribution in [0.5, 0.6) is 0 Å². The number of nitrogens with two attached hydrogens (primary N) is 2. The second kappa shape index (κ2) is 22.4. The Morgan fingerprint density at radius 3 is 0.909 bits per heavy atom. The molecule has 76 valence electrons. The van der Waals surface area contributed by atoms with Crippen LogP contribution in [0.25, 0.3) is 0 Å². The Morgan fingerprint density at radius 1 is 0.636 bits per heavy atom. The van der Waals surface area contributed by atoms with Gasteiger partial charge >= 0.3 is 0 Å². The zero-order valence-electron chi connectivity index (χ0n) is 6.62. The lowest BCUT2D eigenvalue weighted by Crippen LogP contribution is -3.04. The molecule has 0 spiro atoms. The van der Waals surface area contributed by atoms with Gasteiger partial charge in [-0.25, -0.2) is 0 Å². The molecule has 0 aliphatic carbocycles. The van der Waals surface area contributed by atoms with E-state index >= 15 is 0 Å². The van der Waals surface area contributed by atoms with E-state index in [0.29, 0.717) is 0 Å². The maximum absolute atomic E-state index is 2.36. The van der Waals surface area contributed by atoms with E-state index in [1.807, 2.05) is 0 Å². The van der Waals surface area contributed by atoms with Crippen LogP contribution < -0.4 is 54.0 Å². The lowest BCUT2D eigenvalue weighted by molar-refractivity contribution is -0.787. The monoisotopic (exact) mass is 229 g/mol. The van der Waals surface area contributed by atoms with Crippen LogP contribution in [0.4, 0.5) is 0 Å². The van der Waals surface area contributed by atoms with Gasteiger partial charge < -0.3 is 59.5 Å². The van der Waals surface area contributed by atoms with Crippen LogP contribution in [0.3, 0.4) is 0 Å². The Bertz CT molecular complexity index is 36.1. The summed E-state index contributed by atoms with van der Waals surface area (Å²) in [7, 11) is 0. The number of hydrogen-bond donors (Lipinski definition) is 3. The average Bonchev–Trinajstić information content (AvgIpc) is 1.72. The maximum Gasteiger partial charge on any atom is 0.125 e. The van der Waals surface area contributed by atoms with Gasteiger partial charge in [-0.05, 0) is 0 Å². The Balaban J connectivity index is -0.0000000240. The highest BCUT2D eigenvalue weighted by molar-refractivity contribution is 4.23. The molecule has 1 heterocycles. The molecule has 0 aromatic rings.